The van der Waals surface area contributed by atoms with Gasteiger partial charge in [0, 0.05) is 12.6 Å². The highest BCUT2D eigenvalue weighted by molar-refractivity contribution is 5.96. The highest BCUT2D eigenvalue weighted by Gasteiger charge is 2.21. The molecule has 0 radical (unpaired) electrons. The molecule has 0 N–H and O–H groups in total. The molecule has 22 heavy (non-hydrogen) atoms. The molecule has 0 unspecified atom stereocenters. The van der Waals surface area contributed by atoms with Crippen molar-refractivity contribution >= 4 is 5.91 Å². The van der Waals surface area contributed by atoms with E-state index in [-0.39, 0.29) is 5.91 Å². The number of rotatable bonds is 5. The number of aryl methyl sites for hydroxylation is 3. The van der Waals surface area contributed by atoms with Gasteiger partial charge in [-0.25, -0.2) is 0 Å². The van der Waals surface area contributed by atoms with Crippen LogP contribution in [-0.4, -0.2) is 31.0 Å². The summed E-state index contributed by atoms with van der Waals surface area (Å²) in [6.45, 7) is 8.62. The number of carbonyl (C=O) groups excluding carboxylic acids is 1. The predicted octanol–water partition coefficient (Wildman–Crippen LogP) is 3.66. The van der Waals surface area contributed by atoms with Crippen molar-refractivity contribution in [1.29, 1.82) is 0 Å². The number of benzene rings is 1. The van der Waals surface area contributed by atoms with Crippen molar-refractivity contribution in [2.45, 2.75) is 27.7 Å². The number of carbonyl (C=O) groups is 1. The fraction of sp³-hybridized carbons (Fsp3) is 0.389. The van der Waals surface area contributed by atoms with Crippen LogP contribution in [0.2, 0.25) is 0 Å². The van der Waals surface area contributed by atoms with Gasteiger partial charge in [0.25, 0.3) is 5.91 Å². The van der Waals surface area contributed by atoms with Gasteiger partial charge in [-0.05, 0) is 45.4 Å². The Balaban J connectivity index is 1.94. The lowest BCUT2D eigenvalue weighted by Crippen LogP contribution is -2.31. The molecule has 4 nitrogen and oxygen atoms in total. The normalized spacial score (nSPS) is 10.6. The molecule has 1 aromatic carbocycles. The maximum absolute atomic E-state index is 12.5. The van der Waals surface area contributed by atoms with Gasteiger partial charge in [0.1, 0.15) is 23.9 Å². The van der Waals surface area contributed by atoms with Gasteiger partial charge in [-0.3, -0.25) is 4.79 Å². The van der Waals surface area contributed by atoms with Crippen LogP contribution in [0.4, 0.5) is 0 Å². The van der Waals surface area contributed by atoms with E-state index in [1.807, 2.05) is 52.0 Å². The zero-order chi connectivity index (χ0) is 16.3. The summed E-state index contributed by atoms with van der Waals surface area (Å²) in [7, 11) is 1.78. The number of amides is 1. The van der Waals surface area contributed by atoms with Crippen molar-refractivity contribution in [3.05, 3.63) is 52.5 Å². The molecule has 1 heterocycles. The first-order valence-corrected chi connectivity index (χ1v) is 7.41. The summed E-state index contributed by atoms with van der Waals surface area (Å²) in [5, 5.41) is 0. The Morgan fingerprint density at radius 3 is 2.50 bits per heavy atom. The zero-order valence-electron chi connectivity index (χ0n) is 13.9. The van der Waals surface area contributed by atoms with Crippen molar-refractivity contribution in [2.24, 2.45) is 0 Å². The SMILES string of the molecule is Cc1cccc(OCCN(C)C(=O)c2c(C)oc(C)c2C)c1. The average Bonchev–Trinajstić information content (AvgIpc) is 2.71. The second-order valence-electron chi connectivity index (χ2n) is 5.61. The quantitative estimate of drug-likeness (QED) is 0.846. The smallest absolute Gasteiger partial charge is 0.257 e. The van der Waals surface area contributed by atoms with E-state index in [0.29, 0.717) is 24.5 Å². The fourth-order valence-electron chi connectivity index (χ4n) is 2.41. The number of hydrogen-bond acceptors (Lipinski definition) is 3. The number of ether oxygens (including phenoxy) is 1. The molecular formula is C18H23NO3. The van der Waals surface area contributed by atoms with Gasteiger partial charge >= 0.3 is 0 Å². The van der Waals surface area contributed by atoms with E-state index in [1.165, 1.54) is 0 Å². The van der Waals surface area contributed by atoms with Gasteiger partial charge in [-0.2, -0.15) is 0 Å². The summed E-state index contributed by atoms with van der Waals surface area (Å²) >= 11 is 0. The minimum Gasteiger partial charge on any atom is -0.492 e. The average molecular weight is 301 g/mol. The Kier molecular flexibility index (Phi) is 4.91. The fourth-order valence-corrected chi connectivity index (χ4v) is 2.41. The molecule has 1 amide bonds. The number of furan rings is 1. The summed E-state index contributed by atoms with van der Waals surface area (Å²) in [6.07, 6.45) is 0. The lowest BCUT2D eigenvalue weighted by atomic mass is 10.1. The molecule has 118 valence electrons. The number of likely N-dealkylation sites (N-methyl/N-ethyl adjacent to an activating group) is 1. The molecule has 0 saturated carbocycles. The molecule has 0 fully saturated rings. The van der Waals surface area contributed by atoms with Gasteiger partial charge in [0.05, 0.1) is 12.1 Å². The third-order valence-electron chi connectivity index (χ3n) is 3.81. The van der Waals surface area contributed by atoms with Crippen LogP contribution in [0.5, 0.6) is 5.75 Å². The van der Waals surface area contributed by atoms with Crippen molar-refractivity contribution in [3.63, 3.8) is 0 Å². The molecule has 0 spiro atoms. The maximum atomic E-state index is 12.5. The van der Waals surface area contributed by atoms with E-state index in [1.54, 1.807) is 11.9 Å². The molecule has 0 aliphatic rings. The summed E-state index contributed by atoms with van der Waals surface area (Å²) in [4.78, 5) is 14.2. The minimum atomic E-state index is -0.0281. The van der Waals surface area contributed by atoms with Crippen LogP contribution in [0, 0.1) is 27.7 Å². The molecule has 0 aliphatic carbocycles. The van der Waals surface area contributed by atoms with Gasteiger partial charge in [0.2, 0.25) is 0 Å². The highest BCUT2D eigenvalue weighted by atomic mass is 16.5. The second kappa shape index (κ2) is 6.69. The largest absolute Gasteiger partial charge is 0.492 e. The number of nitrogens with zero attached hydrogens (tertiary/aromatic N) is 1. The van der Waals surface area contributed by atoms with E-state index < -0.39 is 0 Å². The Morgan fingerprint density at radius 2 is 1.91 bits per heavy atom. The molecule has 0 bridgehead atoms. The minimum absolute atomic E-state index is 0.0281. The molecule has 0 atom stereocenters. The van der Waals surface area contributed by atoms with Gasteiger partial charge in [-0.15, -0.1) is 0 Å². The third kappa shape index (κ3) is 3.50. The lowest BCUT2D eigenvalue weighted by Gasteiger charge is -2.17. The third-order valence-corrected chi connectivity index (χ3v) is 3.81. The van der Waals surface area contributed by atoms with Crippen molar-refractivity contribution in [1.82, 2.24) is 4.90 Å². The predicted molar refractivity (Wildman–Crippen MR) is 86.6 cm³/mol. The van der Waals surface area contributed by atoms with Crippen LogP contribution in [-0.2, 0) is 0 Å². The first-order chi connectivity index (χ1) is 10.4. The maximum Gasteiger partial charge on any atom is 0.257 e. The highest BCUT2D eigenvalue weighted by Crippen LogP contribution is 2.22. The van der Waals surface area contributed by atoms with Crippen molar-refractivity contribution < 1.29 is 13.9 Å². The van der Waals surface area contributed by atoms with Crippen LogP contribution < -0.4 is 4.74 Å². The van der Waals surface area contributed by atoms with E-state index in [9.17, 15) is 4.79 Å². The Morgan fingerprint density at radius 1 is 1.18 bits per heavy atom. The summed E-state index contributed by atoms with van der Waals surface area (Å²) in [6, 6.07) is 7.88. The van der Waals surface area contributed by atoms with Gasteiger partial charge < -0.3 is 14.1 Å². The van der Waals surface area contributed by atoms with E-state index >= 15 is 0 Å². The number of hydrogen-bond donors (Lipinski definition) is 0. The van der Waals surface area contributed by atoms with Crippen LogP contribution in [0.15, 0.2) is 28.7 Å². The molecule has 2 aromatic rings. The summed E-state index contributed by atoms with van der Waals surface area (Å²) < 4.78 is 11.2. The molecule has 4 heteroatoms. The molecule has 1 aromatic heterocycles. The van der Waals surface area contributed by atoms with E-state index in [0.717, 1.165) is 22.6 Å². The standard InChI is InChI=1S/C18H23NO3/c1-12-7-6-8-16(11-12)21-10-9-19(5)18(20)17-13(2)14(3)22-15(17)4/h6-8,11H,9-10H2,1-5H3. The van der Waals surface area contributed by atoms with Crippen LogP contribution in [0.1, 0.15) is 33.0 Å². The first-order valence-electron chi connectivity index (χ1n) is 7.41. The monoisotopic (exact) mass is 301 g/mol. The Bertz CT molecular complexity index is 673. The van der Waals surface area contributed by atoms with Crippen LogP contribution in [0.3, 0.4) is 0 Å². The van der Waals surface area contributed by atoms with Crippen LogP contribution >= 0.6 is 0 Å². The van der Waals surface area contributed by atoms with Crippen molar-refractivity contribution in [2.75, 3.05) is 20.2 Å². The van der Waals surface area contributed by atoms with Crippen LogP contribution in [0.25, 0.3) is 0 Å². The molecule has 0 aliphatic heterocycles. The topological polar surface area (TPSA) is 42.7 Å². The summed E-state index contributed by atoms with van der Waals surface area (Å²) in [5.74, 6) is 2.27. The summed E-state index contributed by atoms with van der Waals surface area (Å²) in [5.41, 5.74) is 2.73. The van der Waals surface area contributed by atoms with Gasteiger partial charge in [-0.1, -0.05) is 12.1 Å². The first kappa shape index (κ1) is 16.1. The van der Waals surface area contributed by atoms with E-state index in [4.69, 9.17) is 9.15 Å². The lowest BCUT2D eigenvalue weighted by molar-refractivity contribution is 0.0771. The Hall–Kier alpha value is -2.23. The second-order valence-corrected chi connectivity index (χ2v) is 5.61. The molecular weight excluding hydrogens is 278 g/mol. The van der Waals surface area contributed by atoms with Crippen molar-refractivity contribution in [3.8, 4) is 5.75 Å². The molecule has 0 saturated heterocycles. The zero-order valence-corrected chi connectivity index (χ0v) is 13.9. The van der Waals surface area contributed by atoms with E-state index in [2.05, 4.69) is 0 Å². The molecule has 2 rings (SSSR count). The Labute approximate surface area is 131 Å². The van der Waals surface area contributed by atoms with Gasteiger partial charge in [0.15, 0.2) is 0 Å².